The molecular weight excluding hydrogens is 286 g/mol. The van der Waals surface area contributed by atoms with Gasteiger partial charge in [-0.15, -0.1) is 0 Å². The summed E-state index contributed by atoms with van der Waals surface area (Å²) < 4.78 is 7.15. The van der Waals surface area contributed by atoms with E-state index in [1.54, 1.807) is 18.5 Å². The van der Waals surface area contributed by atoms with Gasteiger partial charge in [0.05, 0.1) is 17.9 Å². The fourth-order valence-electron chi connectivity index (χ4n) is 1.35. The van der Waals surface area contributed by atoms with Crippen LogP contribution in [-0.4, -0.2) is 26.5 Å². The van der Waals surface area contributed by atoms with Gasteiger partial charge in [-0.1, -0.05) is 0 Å². The minimum atomic E-state index is -0.544. The third-order valence-electron chi connectivity index (χ3n) is 1.99. The topological polar surface area (TPSA) is 57.0 Å². The van der Waals surface area contributed by atoms with Crippen LogP contribution in [0.5, 0.6) is 0 Å². The third kappa shape index (κ3) is 2.63. The number of ether oxygens (including phenoxy) is 1. The minimum absolute atomic E-state index is 0.503. The molecule has 0 amide bonds. The van der Waals surface area contributed by atoms with Crippen molar-refractivity contribution in [2.75, 3.05) is 0 Å². The zero-order valence-corrected chi connectivity index (χ0v) is 11.4. The van der Waals surface area contributed by atoms with Gasteiger partial charge in [0, 0.05) is 5.39 Å². The standard InChI is InChI=1S/C11H12BrN3O2/c1-11(2,3)17-10(16)15-8-6-13-9(12)4-7(8)5-14-15/h4-6H,1-3H3. The Bertz CT molecular complexity index is 572. The van der Waals surface area contributed by atoms with Gasteiger partial charge in [-0.05, 0) is 42.8 Å². The maximum atomic E-state index is 11.9. The highest BCUT2D eigenvalue weighted by Crippen LogP contribution is 2.18. The molecule has 2 heterocycles. The molecule has 0 saturated carbocycles. The van der Waals surface area contributed by atoms with E-state index in [1.165, 1.54) is 4.68 Å². The van der Waals surface area contributed by atoms with Crippen LogP contribution in [-0.2, 0) is 4.74 Å². The van der Waals surface area contributed by atoms with Crippen molar-refractivity contribution in [3.63, 3.8) is 0 Å². The second kappa shape index (κ2) is 4.10. The molecule has 0 fully saturated rings. The fraction of sp³-hybridized carbons (Fsp3) is 0.364. The zero-order valence-electron chi connectivity index (χ0n) is 9.77. The van der Waals surface area contributed by atoms with E-state index in [9.17, 15) is 4.79 Å². The molecule has 0 bridgehead atoms. The monoisotopic (exact) mass is 297 g/mol. The van der Waals surface area contributed by atoms with Crippen LogP contribution in [0.1, 0.15) is 20.8 Å². The van der Waals surface area contributed by atoms with Crippen LogP contribution in [0.3, 0.4) is 0 Å². The van der Waals surface area contributed by atoms with Gasteiger partial charge < -0.3 is 4.74 Å². The fourth-order valence-corrected chi connectivity index (χ4v) is 1.70. The molecule has 2 aromatic rings. The first kappa shape index (κ1) is 12.0. The van der Waals surface area contributed by atoms with Crippen molar-refractivity contribution in [3.05, 3.63) is 23.1 Å². The summed E-state index contributed by atoms with van der Waals surface area (Å²) >= 11 is 3.26. The summed E-state index contributed by atoms with van der Waals surface area (Å²) in [6, 6.07) is 1.79. The number of carbonyl (C=O) groups is 1. The van der Waals surface area contributed by atoms with Crippen LogP contribution in [0.4, 0.5) is 4.79 Å². The minimum Gasteiger partial charge on any atom is -0.442 e. The van der Waals surface area contributed by atoms with E-state index in [4.69, 9.17) is 4.74 Å². The highest BCUT2D eigenvalue weighted by Gasteiger charge is 2.20. The number of aromatic nitrogens is 3. The average Bonchev–Trinajstić information content (AvgIpc) is 2.57. The van der Waals surface area contributed by atoms with Crippen LogP contribution >= 0.6 is 15.9 Å². The van der Waals surface area contributed by atoms with E-state index in [1.807, 2.05) is 20.8 Å². The molecule has 0 radical (unpaired) electrons. The van der Waals surface area contributed by atoms with Crippen molar-refractivity contribution >= 4 is 32.9 Å². The predicted octanol–water partition coefficient (Wildman–Crippen LogP) is 2.98. The summed E-state index contributed by atoms with van der Waals surface area (Å²) in [7, 11) is 0. The number of carbonyl (C=O) groups excluding carboxylic acids is 1. The molecule has 17 heavy (non-hydrogen) atoms. The largest absolute Gasteiger partial charge is 0.442 e. The SMILES string of the molecule is CC(C)(C)OC(=O)n1ncc2cc(Br)ncc21. The van der Waals surface area contributed by atoms with E-state index in [0.29, 0.717) is 10.1 Å². The van der Waals surface area contributed by atoms with Crippen molar-refractivity contribution in [1.82, 2.24) is 14.8 Å². The molecule has 0 aliphatic rings. The van der Waals surface area contributed by atoms with E-state index in [2.05, 4.69) is 26.0 Å². The summed E-state index contributed by atoms with van der Waals surface area (Å²) in [6.07, 6.45) is 2.68. The van der Waals surface area contributed by atoms with Crippen LogP contribution in [0.15, 0.2) is 23.1 Å². The van der Waals surface area contributed by atoms with Crippen molar-refractivity contribution in [2.45, 2.75) is 26.4 Å². The van der Waals surface area contributed by atoms with Gasteiger partial charge in [-0.3, -0.25) is 0 Å². The Kier molecular flexibility index (Phi) is 2.91. The zero-order chi connectivity index (χ0) is 12.6. The van der Waals surface area contributed by atoms with E-state index < -0.39 is 11.7 Å². The molecular formula is C11H12BrN3O2. The number of hydrogen-bond acceptors (Lipinski definition) is 4. The van der Waals surface area contributed by atoms with Gasteiger partial charge in [0.25, 0.3) is 0 Å². The van der Waals surface area contributed by atoms with Gasteiger partial charge in [-0.2, -0.15) is 9.78 Å². The molecule has 2 aromatic heterocycles. The van der Waals surface area contributed by atoms with Gasteiger partial charge in [-0.25, -0.2) is 9.78 Å². The lowest BCUT2D eigenvalue weighted by Gasteiger charge is -2.19. The first-order valence-electron chi connectivity index (χ1n) is 5.09. The third-order valence-corrected chi connectivity index (χ3v) is 2.42. The average molecular weight is 298 g/mol. The summed E-state index contributed by atoms with van der Waals surface area (Å²) in [5, 5.41) is 4.83. The van der Waals surface area contributed by atoms with Gasteiger partial charge in [0.2, 0.25) is 0 Å². The van der Waals surface area contributed by atoms with Gasteiger partial charge in [0.15, 0.2) is 0 Å². The number of nitrogens with zero attached hydrogens (tertiary/aromatic N) is 3. The molecule has 0 spiro atoms. The summed E-state index contributed by atoms with van der Waals surface area (Å²) in [5.74, 6) is 0. The van der Waals surface area contributed by atoms with Crippen molar-refractivity contribution in [3.8, 4) is 0 Å². The highest BCUT2D eigenvalue weighted by molar-refractivity contribution is 9.10. The number of pyridine rings is 1. The van der Waals surface area contributed by atoms with Crippen LogP contribution in [0.2, 0.25) is 0 Å². The van der Waals surface area contributed by atoms with Crippen LogP contribution in [0, 0.1) is 0 Å². The first-order valence-corrected chi connectivity index (χ1v) is 5.89. The lowest BCUT2D eigenvalue weighted by Crippen LogP contribution is -2.27. The van der Waals surface area contributed by atoms with Crippen LogP contribution in [0.25, 0.3) is 10.9 Å². The molecule has 0 atom stereocenters. The summed E-state index contributed by atoms with van der Waals surface area (Å²) in [4.78, 5) is 15.9. The lowest BCUT2D eigenvalue weighted by atomic mass is 10.2. The number of fused-ring (bicyclic) bond motifs is 1. The molecule has 0 aliphatic carbocycles. The highest BCUT2D eigenvalue weighted by atomic mass is 79.9. The molecule has 6 heteroatoms. The quantitative estimate of drug-likeness (QED) is 0.702. The van der Waals surface area contributed by atoms with Crippen molar-refractivity contribution in [2.24, 2.45) is 0 Å². The smallest absolute Gasteiger partial charge is 0.435 e. The first-order chi connectivity index (χ1) is 7.87. The molecule has 0 unspecified atom stereocenters. The van der Waals surface area contributed by atoms with E-state index in [-0.39, 0.29) is 0 Å². The second-order valence-electron chi connectivity index (χ2n) is 4.60. The Morgan fingerprint density at radius 1 is 1.41 bits per heavy atom. The number of rotatable bonds is 0. The molecule has 0 aromatic carbocycles. The Morgan fingerprint density at radius 3 is 2.76 bits per heavy atom. The summed E-state index contributed by atoms with van der Waals surface area (Å²) in [5.41, 5.74) is 0.0838. The maximum absolute atomic E-state index is 11.9. The Morgan fingerprint density at radius 2 is 2.12 bits per heavy atom. The normalized spacial score (nSPS) is 11.8. The summed E-state index contributed by atoms with van der Waals surface area (Å²) in [6.45, 7) is 5.43. The molecule has 90 valence electrons. The molecule has 0 N–H and O–H groups in total. The Hall–Kier alpha value is -1.43. The number of hydrogen-bond donors (Lipinski definition) is 0. The number of halogens is 1. The van der Waals surface area contributed by atoms with Crippen molar-refractivity contribution in [1.29, 1.82) is 0 Å². The van der Waals surface area contributed by atoms with E-state index >= 15 is 0 Å². The van der Waals surface area contributed by atoms with Gasteiger partial charge >= 0.3 is 6.09 Å². The maximum Gasteiger partial charge on any atom is 0.435 e. The molecule has 0 saturated heterocycles. The lowest BCUT2D eigenvalue weighted by molar-refractivity contribution is 0.0522. The molecule has 2 rings (SSSR count). The Balaban J connectivity index is 2.40. The van der Waals surface area contributed by atoms with Gasteiger partial charge in [0.1, 0.15) is 10.2 Å². The Labute approximate surface area is 107 Å². The van der Waals surface area contributed by atoms with Crippen molar-refractivity contribution < 1.29 is 9.53 Å². The van der Waals surface area contributed by atoms with E-state index in [0.717, 1.165) is 5.39 Å². The molecule has 5 nitrogen and oxygen atoms in total. The predicted molar refractivity (Wildman–Crippen MR) is 66.9 cm³/mol. The second-order valence-corrected chi connectivity index (χ2v) is 5.42. The molecule has 0 aliphatic heterocycles. The van der Waals surface area contributed by atoms with Crippen LogP contribution < -0.4 is 0 Å².